The fourth-order valence-corrected chi connectivity index (χ4v) is 4.22. The van der Waals surface area contributed by atoms with Gasteiger partial charge in [-0.05, 0) is 44.2 Å². The minimum atomic E-state index is 0.644. The molecule has 3 rings (SSSR count). The number of rotatable bonds is 4. The Kier molecular flexibility index (Phi) is 4.42. The maximum absolute atomic E-state index is 3.51. The van der Waals surface area contributed by atoms with E-state index in [-0.39, 0.29) is 0 Å². The summed E-state index contributed by atoms with van der Waals surface area (Å²) in [6.07, 6.45) is 6.91. The minimum Gasteiger partial charge on any atom is -0.317 e. The number of nitrogens with one attached hydrogen (secondary N) is 1. The first kappa shape index (κ1) is 14.1. The van der Waals surface area contributed by atoms with E-state index < -0.39 is 0 Å². The molecule has 0 amide bonds. The van der Waals surface area contributed by atoms with Gasteiger partial charge >= 0.3 is 0 Å². The molecular weight excluding hydrogens is 244 g/mol. The number of benzene rings is 1. The highest BCUT2D eigenvalue weighted by molar-refractivity contribution is 5.19. The van der Waals surface area contributed by atoms with Gasteiger partial charge in [-0.15, -0.1) is 0 Å². The minimum absolute atomic E-state index is 0.644. The third kappa shape index (κ3) is 2.91. The van der Waals surface area contributed by atoms with E-state index in [1.165, 1.54) is 44.2 Å². The van der Waals surface area contributed by atoms with E-state index in [1.54, 1.807) is 0 Å². The lowest BCUT2D eigenvalue weighted by Crippen LogP contribution is -2.56. The van der Waals surface area contributed by atoms with Gasteiger partial charge in [-0.3, -0.25) is 4.90 Å². The molecule has 2 aliphatic rings. The maximum Gasteiger partial charge on any atom is 0.0113 e. The van der Waals surface area contributed by atoms with Crippen LogP contribution in [0.25, 0.3) is 0 Å². The molecule has 2 saturated heterocycles. The van der Waals surface area contributed by atoms with Crippen molar-refractivity contribution in [2.75, 3.05) is 13.6 Å². The molecular formula is C18H28N2. The molecule has 1 aromatic rings. The molecule has 0 aliphatic carbocycles. The fraction of sp³-hybridized carbons (Fsp3) is 0.667. The molecule has 20 heavy (non-hydrogen) atoms. The van der Waals surface area contributed by atoms with E-state index in [4.69, 9.17) is 0 Å². The molecule has 2 nitrogen and oxygen atoms in total. The van der Waals surface area contributed by atoms with Crippen molar-refractivity contribution in [3.63, 3.8) is 0 Å². The van der Waals surface area contributed by atoms with Crippen LogP contribution in [-0.2, 0) is 0 Å². The topological polar surface area (TPSA) is 15.3 Å². The van der Waals surface area contributed by atoms with Gasteiger partial charge in [-0.1, -0.05) is 43.7 Å². The molecule has 0 radical (unpaired) electrons. The number of nitrogens with zero attached hydrogens (tertiary/aromatic N) is 1. The van der Waals surface area contributed by atoms with Gasteiger partial charge in [0.2, 0.25) is 0 Å². The first-order chi connectivity index (χ1) is 9.78. The molecule has 1 aromatic carbocycles. The Bertz CT molecular complexity index is 403. The summed E-state index contributed by atoms with van der Waals surface area (Å²) >= 11 is 0. The van der Waals surface area contributed by atoms with Crippen LogP contribution in [0.4, 0.5) is 0 Å². The third-order valence-corrected chi connectivity index (χ3v) is 5.39. The van der Waals surface area contributed by atoms with Gasteiger partial charge in [0.05, 0.1) is 0 Å². The van der Waals surface area contributed by atoms with Gasteiger partial charge in [0.15, 0.2) is 0 Å². The van der Waals surface area contributed by atoms with Crippen molar-refractivity contribution in [2.45, 2.75) is 63.1 Å². The zero-order valence-corrected chi connectivity index (χ0v) is 12.9. The zero-order chi connectivity index (χ0) is 13.9. The average molecular weight is 272 g/mol. The summed E-state index contributed by atoms with van der Waals surface area (Å²) in [5, 5.41) is 3.51. The summed E-state index contributed by atoms with van der Waals surface area (Å²) in [6.45, 7) is 3.62. The van der Waals surface area contributed by atoms with Crippen molar-refractivity contribution in [2.24, 2.45) is 0 Å². The van der Waals surface area contributed by atoms with Crippen LogP contribution >= 0.6 is 0 Å². The van der Waals surface area contributed by atoms with Crippen molar-refractivity contribution in [1.82, 2.24) is 10.2 Å². The van der Waals surface area contributed by atoms with Crippen LogP contribution in [0.3, 0.4) is 0 Å². The van der Waals surface area contributed by atoms with Crippen molar-refractivity contribution < 1.29 is 0 Å². The van der Waals surface area contributed by atoms with Gasteiger partial charge in [-0.25, -0.2) is 0 Å². The monoisotopic (exact) mass is 272 g/mol. The predicted octanol–water partition coefficient (Wildman–Crippen LogP) is 3.40. The first-order valence-corrected chi connectivity index (χ1v) is 8.26. The Morgan fingerprint density at radius 1 is 1.15 bits per heavy atom. The highest BCUT2D eigenvalue weighted by Gasteiger charge is 2.38. The highest BCUT2D eigenvalue weighted by atomic mass is 15.2. The maximum atomic E-state index is 3.51. The largest absolute Gasteiger partial charge is 0.317 e. The number of hydrogen-bond acceptors (Lipinski definition) is 2. The molecule has 2 aliphatic heterocycles. The molecule has 2 fully saturated rings. The lowest BCUT2D eigenvalue weighted by Gasteiger charge is -2.49. The summed E-state index contributed by atoms with van der Waals surface area (Å²) in [6, 6.07) is 13.4. The Labute approximate surface area is 123 Å². The molecule has 2 heterocycles. The summed E-state index contributed by atoms with van der Waals surface area (Å²) in [5.74, 6) is 0.644. The van der Waals surface area contributed by atoms with Crippen LogP contribution < -0.4 is 5.32 Å². The second kappa shape index (κ2) is 6.28. The predicted molar refractivity (Wildman–Crippen MR) is 85.1 cm³/mol. The highest BCUT2D eigenvalue weighted by Crippen LogP contribution is 2.35. The van der Waals surface area contributed by atoms with Crippen LogP contribution in [0.2, 0.25) is 0 Å². The number of fused-ring (bicyclic) bond motifs is 2. The standard InChI is InChI=1S/C18H28N2/c1-14(15-7-4-3-5-8-15)13-20-17-9-6-10-18(20)12-16(11-17)19-2/h3-5,7-8,14,16-19H,6,9-13H2,1-2H3. The summed E-state index contributed by atoms with van der Waals surface area (Å²) < 4.78 is 0. The molecule has 0 saturated carbocycles. The number of hydrogen-bond donors (Lipinski definition) is 1. The van der Waals surface area contributed by atoms with Gasteiger partial charge in [0, 0.05) is 24.7 Å². The van der Waals surface area contributed by atoms with Crippen molar-refractivity contribution >= 4 is 0 Å². The Hall–Kier alpha value is -0.860. The van der Waals surface area contributed by atoms with Gasteiger partial charge in [0.25, 0.3) is 0 Å². The second-order valence-electron chi connectivity index (χ2n) is 6.70. The average Bonchev–Trinajstić information content (AvgIpc) is 2.47. The lowest BCUT2D eigenvalue weighted by molar-refractivity contribution is 0.0221. The molecule has 2 heteroatoms. The Balaban J connectivity index is 1.68. The van der Waals surface area contributed by atoms with Gasteiger partial charge < -0.3 is 5.32 Å². The Morgan fingerprint density at radius 2 is 1.80 bits per heavy atom. The van der Waals surface area contributed by atoms with Gasteiger partial charge in [-0.2, -0.15) is 0 Å². The van der Waals surface area contributed by atoms with Crippen molar-refractivity contribution in [1.29, 1.82) is 0 Å². The molecule has 3 atom stereocenters. The summed E-state index contributed by atoms with van der Waals surface area (Å²) in [4.78, 5) is 2.83. The van der Waals surface area contributed by atoms with Gasteiger partial charge in [0.1, 0.15) is 0 Å². The van der Waals surface area contributed by atoms with E-state index in [1.807, 2.05) is 0 Å². The molecule has 0 aromatic heterocycles. The van der Waals surface area contributed by atoms with E-state index in [2.05, 4.69) is 54.5 Å². The van der Waals surface area contributed by atoms with Crippen LogP contribution in [0.1, 0.15) is 50.5 Å². The zero-order valence-electron chi connectivity index (χ0n) is 12.9. The van der Waals surface area contributed by atoms with Crippen molar-refractivity contribution in [3.05, 3.63) is 35.9 Å². The smallest absolute Gasteiger partial charge is 0.0113 e. The first-order valence-electron chi connectivity index (χ1n) is 8.26. The van der Waals surface area contributed by atoms with Crippen molar-refractivity contribution in [3.8, 4) is 0 Å². The SMILES string of the molecule is CNC1CC2CCCC(C1)N2CC(C)c1ccccc1. The van der Waals surface area contributed by atoms with Crippen LogP contribution in [0, 0.1) is 0 Å². The van der Waals surface area contributed by atoms with E-state index >= 15 is 0 Å². The molecule has 0 spiro atoms. The molecule has 3 unspecified atom stereocenters. The summed E-state index contributed by atoms with van der Waals surface area (Å²) in [5.41, 5.74) is 1.49. The van der Waals surface area contributed by atoms with Crippen LogP contribution in [-0.4, -0.2) is 36.6 Å². The van der Waals surface area contributed by atoms with E-state index in [9.17, 15) is 0 Å². The number of piperidine rings is 2. The fourth-order valence-electron chi connectivity index (χ4n) is 4.22. The van der Waals surface area contributed by atoms with E-state index in [0.717, 1.165) is 18.1 Å². The third-order valence-electron chi connectivity index (χ3n) is 5.39. The second-order valence-corrected chi connectivity index (χ2v) is 6.70. The van der Waals surface area contributed by atoms with Crippen LogP contribution in [0.15, 0.2) is 30.3 Å². The lowest BCUT2D eigenvalue weighted by atomic mass is 9.81. The van der Waals surface area contributed by atoms with E-state index in [0.29, 0.717) is 5.92 Å². The summed E-state index contributed by atoms with van der Waals surface area (Å²) in [7, 11) is 2.13. The quantitative estimate of drug-likeness (QED) is 0.904. The normalized spacial score (nSPS) is 32.0. The molecule has 1 N–H and O–H groups in total. The molecule has 110 valence electrons. The Morgan fingerprint density at radius 3 is 2.40 bits per heavy atom. The molecule has 2 bridgehead atoms. The van der Waals surface area contributed by atoms with Crippen LogP contribution in [0.5, 0.6) is 0 Å².